The van der Waals surface area contributed by atoms with Crippen LogP contribution in [0.1, 0.15) is 25.7 Å². The van der Waals surface area contributed by atoms with Crippen molar-refractivity contribution in [3.8, 4) is 5.69 Å². The lowest BCUT2D eigenvalue weighted by Crippen LogP contribution is -2.43. The van der Waals surface area contributed by atoms with Gasteiger partial charge in [-0.05, 0) is 49.4 Å². The van der Waals surface area contributed by atoms with Gasteiger partial charge in [0.2, 0.25) is 0 Å². The van der Waals surface area contributed by atoms with E-state index in [2.05, 4.69) is 16.0 Å². The highest BCUT2D eigenvalue weighted by Crippen LogP contribution is 2.31. The van der Waals surface area contributed by atoms with Crippen LogP contribution in [0.3, 0.4) is 0 Å². The molecule has 168 valence electrons. The summed E-state index contributed by atoms with van der Waals surface area (Å²) in [4.78, 5) is 37.3. The molecule has 2 amide bonds. The van der Waals surface area contributed by atoms with Crippen molar-refractivity contribution < 1.29 is 23.5 Å². The predicted molar refractivity (Wildman–Crippen MR) is 121 cm³/mol. The summed E-state index contributed by atoms with van der Waals surface area (Å²) in [5, 5.41) is 5.87. The number of halogens is 2. The molecule has 2 aromatic carbocycles. The third kappa shape index (κ3) is 4.86. The molecule has 0 saturated heterocycles. The molecule has 0 saturated carbocycles. The molecule has 4 aromatic rings. The van der Waals surface area contributed by atoms with Gasteiger partial charge in [-0.25, -0.2) is 13.9 Å². The number of aromatic nitrogens is 2. The van der Waals surface area contributed by atoms with Crippen LogP contribution in [0.25, 0.3) is 15.9 Å². The van der Waals surface area contributed by atoms with Crippen molar-refractivity contribution >= 4 is 50.9 Å². The predicted octanol–water partition coefficient (Wildman–Crippen LogP) is 3.81. The number of esters is 1. The summed E-state index contributed by atoms with van der Waals surface area (Å²) in [5.41, 5.74) is 5.42. The molecule has 0 radical (unpaired) electrons. The lowest BCUT2D eigenvalue weighted by molar-refractivity contribution is -0.125. The first-order valence-corrected chi connectivity index (χ1v) is 10.8. The minimum atomic E-state index is -0.834. The Bertz CT molecular complexity index is 1370. The fraction of sp³-hybridized carbons (Fsp3) is 0.0909. The summed E-state index contributed by atoms with van der Waals surface area (Å²) < 4.78 is 20.3. The molecular weight excluding hydrogens is 471 g/mol. The molecule has 2 aromatic heterocycles. The Balaban J connectivity index is 1.38. The minimum absolute atomic E-state index is 0.231. The standard InChI is InChI=1S/C22H16ClFN4O4S/c1-12-16-10-18(33-21(16)28(27-12)14-8-6-13(23)7-9-14)22(31)32-11-19(29)25-26-20(30)15-4-2-3-5-17(15)24/h2-10H,11H2,1H3,(H,25,29)(H,26,30). The van der Waals surface area contributed by atoms with E-state index in [4.69, 9.17) is 16.3 Å². The quantitative estimate of drug-likeness (QED) is 0.330. The largest absolute Gasteiger partial charge is 0.451 e. The summed E-state index contributed by atoms with van der Waals surface area (Å²) in [5.74, 6) is -3.04. The number of carbonyl (C=O) groups excluding carboxylic acids is 3. The molecule has 2 heterocycles. The van der Waals surface area contributed by atoms with E-state index in [1.54, 1.807) is 22.9 Å². The van der Waals surface area contributed by atoms with Gasteiger partial charge in [0.15, 0.2) is 6.61 Å². The van der Waals surface area contributed by atoms with Gasteiger partial charge in [-0.3, -0.25) is 20.4 Å². The normalized spacial score (nSPS) is 10.8. The maximum atomic E-state index is 13.6. The van der Waals surface area contributed by atoms with Crippen molar-refractivity contribution in [3.63, 3.8) is 0 Å². The van der Waals surface area contributed by atoms with Gasteiger partial charge in [-0.2, -0.15) is 5.10 Å². The Kier molecular flexibility index (Phi) is 6.38. The van der Waals surface area contributed by atoms with Crippen LogP contribution in [0.5, 0.6) is 0 Å². The summed E-state index contributed by atoms with van der Waals surface area (Å²) in [7, 11) is 0. The van der Waals surface area contributed by atoms with Gasteiger partial charge in [-0.15, -0.1) is 11.3 Å². The molecule has 0 aliphatic carbocycles. The fourth-order valence-corrected chi connectivity index (χ4v) is 4.19. The number of carbonyl (C=O) groups is 3. The van der Waals surface area contributed by atoms with Gasteiger partial charge in [0.1, 0.15) is 15.5 Å². The van der Waals surface area contributed by atoms with Gasteiger partial charge in [0.05, 0.1) is 16.9 Å². The number of hydrogen-bond acceptors (Lipinski definition) is 6. The molecule has 0 unspecified atom stereocenters. The highest BCUT2D eigenvalue weighted by molar-refractivity contribution is 7.20. The monoisotopic (exact) mass is 486 g/mol. The Morgan fingerprint density at radius 3 is 2.58 bits per heavy atom. The van der Waals surface area contributed by atoms with Crippen LogP contribution in [0, 0.1) is 12.7 Å². The molecule has 33 heavy (non-hydrogen) atoms. The van der Waals surface area contributed by atoms with E-state index in [1.807, 2.05) is 19.1 Å². The van der Waals surface area contributed by atoms with Crippen LogP contribution in [-0.2, 0) is 9.53 Å². The number of nitrogens with zero attached hydrogens (tertiary/aromatic N) is 2. The first kappa shape index (κ1) is 22.4. The van der Waals surface area contributed by atoms with Gasteiger partial charge in [0.25, 0.3) is 11.8 Å². The zero-order valence-electron chi connectivity index (χ0n) is 17.1. The molecule has 11 heteroatoms. The Labute approximate surface area is 195 Å². The number of aryl methyl sites for hydroxylation is 1. The molecular formula is C22H16ClFN4O4S. The molecule has 8 nitrogen and oxygen atoms in total. The Morgan fingerprint density at radius 2 is 1.85 bits per heavy atom. The Morgan fingerprint density at radius 1 is 1.12 bits per heavy atom. The maximum absolute atomic E-state index is 13.6. The van der Waals surface area contributed by atoms with Crippen molar-refractivity contribution in [2.75, 3.05) is 6.61 Å². The van der Waals surface area contributed by atoms with Crippen molar-refractivity contribution in [1.29, 1.82) is 0 Å². The topological polar surface area (TPSA) is 102 Å². The summed E-state index contributed by atoms with van der Waals surface area (Å²) >= 11 is 7.12. The number of hydrogen-bond donors (Lipinski definition) is 2. The highest BCUT2D eigenvalue weighted by Gasteiger charge is 2.19. The molecule has 0 fully saturated rings. The number of hydrazine groups is 1. The lowest BCUT2D eigenvalue weighted by atomic mass is 10.2. The SMILES string of the molecule is Cc1nn(-c2ccc(Cl)cc2)c2sc(C(=O)OCC(=O)NNC(=O)c3ccccc3F)cc12. The minimum Gasteiger partial charge on any atom is -0.451 e. The maximum Gasteiger partial charge on any atom is 0.348 e. The molecule has 0 atom stereocenters. The third-order valence-corrected chi connectivity index (χ3v) is 5.93. The molecule has 0 spiro atoms. The smallest absolute Gasteiger partial charge is 0.348 e. The van der Waals surface area contributed by atoms with Crippen molar-refractivity contribution in [3.05, 3.63) is 81.6 Å². The number of benzene rings is 2. The number of amides is 2. The van der Waals surface area contributed by atoms with E-state index in [-0.39, 0.29) is 10.4 Å². The highest BCUT2D eigenvalue weighted by atomic mass is 35.5. The van der Waals surface area contributed by atoms with E-state index in [0.29, 0.717) is 5.02 Å². The van der Waals surface area contributed by atoms with Gasteiger partial charge in [0, 0.05) is 10.4 Å². The van der Waals surface area contributed by atoms with E-state index in [0.717, 1.165) is 27.7 Å². The first-order valence-electron chi connectivity index (χ1n) is 9.59. The fourth-order valence-electron chi connectivity index (χ4n) is 2.98. The zero-order chi connectivity index (χ0) is 23.5. The zero-order valence-corrected chi connectivity index (χ0v) is 18.7. The molecule has 2 N–H and O–H groups in total. The van der Waals surface area contributed by atoms with Crippen LogP contribution >= 0.6 is 22.9 Å². The van der Waals surface area contributed by atoms with Crippen LogP contribution < -0.4 is 10.9 Å². The van der Waals surface area contributed by atoms with Crippen molar-refractivity contribution in [2.24, 2.45) is 0 Å². The van der Waals surface area contributed by atoms with E-state index in [1.165, 1.54) is 29.5 Å². The number of ether oxygens (including phenoxy) is 1. The lowest BCUT2D eigenvalue weighted by Gasteiger charge is -2.08. The van der Waals surface area contributed by atoms with Crippen LogP contribution in [0.2, 0.25) is 5.02 Å². The van der Waals surface area contributed by atoms with Gasteiger partial charge in [-0.1, -0.05) is 23.7 Å². The summed E-state index contributed by atoms with van der Waals surface area (Å²) in [6, 6.07) is 14.1. The van der Waals surface area contributed by atoms with Gasteiger partial charge < -0.3 is 4.74 Å². The second kappa shape index (κ2) is 9.39. The van der Waals surface area contributed by atoms with E-state index < -0.39 is 30.2 Å². The third-order valence-electron chi connectivity index (χ3n) is 4.59. The number of rotatable bonds is 5. The van der Waals surface area contributed by atoms with Crippen LogP contribution in [-0.4, -0.2) is 34.2 Å². The van der Waals surface area contributed by atoms with Gasteiger partial charge >= 0.3 is 5.97 Å². The second-order valence-corrected chi connectivity index (χ2v) is 8.33. The summed E-state index contributed by atoms with van der Waals surface area (Å²) in [6.45, 7) is 1.19. The average molecular weight is 487 g/mol. The van der Waals surface area contributed by atoms with Crippen molar-refractivity contribution in [1.82, 2.24) is 20.6 Å². The van der Waals surface area contributed by atoms with E-state index in [9.17, 15) is 18.8 Å². The molecule has 4 rings (SSSR count). The van der Waals surface area contributed by atoms with Crippen LogP contribution in [0.15, 0.2) is 54.6 Å². The van der Waals surface area contributed by atoms with E-state index >= 15 is 0 Å². The molecule has 0 aliphatic heterocycles. The average Bonchev–Trinajstić information content (AvgIpc) is 3.37. The second-order valence-electron chi connectivity index (χ2n) is 6.86. The Hall–Kier alpha value is -3.76. The summed E-state index contributed by atoms with van der Waals surface area (Å²) in [6.07, 6.45) is 0. The first-order chi connectivity index (χ1) is 15.8. The molecule has 0 bridgehead atoms. The number of fused-ring (bicyclic) bond motifs is 1. The van der Waals surface area contributed by atoms with Crippen LogP contribution in [0.4, 0.5) is 4.39 Å². The number of thiophene rings is 1. The number of nitrogens with one attached hydrogen (secondary N) is 2. The van der Waals surface area contributed by atoms with Crippen molar-refractivity contribution in [2.45, 2.75) is 6.92 Å². The molecule has 0 aliphatic rings.